The van der Waals surface area contributed by atoms with E-state index in [1.807, 2.05) is 24.3 Å². The zero-order valence-electron chi connectivity index (χ0n) is 14.7. The predicted octanol–water partition coefficient (Wildman–Crippen LogP) is 4.17. The average Bonchev–Trinajstić information content (AvgIpc) is 2.88. The molecule has 1 heterocycles. The summed E-state index contributed by atoms with van der Waals surface area (Å²) in [6, 6.07) is 15.7. The summed E-state index contributed by atoms with van der Waals surface area (Å²) in [4.78, 5) is 4.59. The molecule has 0 bridgehead atoms. The van der Waals surface area contributed by atoms with Crippen molar-refractivity contribution in [2.75, 3.05) is 31.1 Å². The molecule has 0 spiro atoms. The number of ether oxygens (including phenoxy) is 1. The summed E-state index contributed by atoms with van der Waals surface area (Å²) >= 11 is 0. The average molecular weight is 375 g/mol. The second kappa shape index (κ2) is 8.31. The van der Waals surface area contributed by atoms with Crippen molar-refractivity contribution in [3.05, 3.63) is 59.7 Å². The predicted molar refractivity (Wildman–Crippen MR) is 96.4 cm³/mol. The van der Waals surface area contributed by atoms with E-state index in [-0.39, 0.29) is 5.75 Å². The van der Waals surface area contributed by atoms with E-state index < -0.39 is 6.36 Å². The molecule has 2 aromatic carbocycles. The Hall–Kier alpha value is -2.72. The SMILES string of the molecule is N#Cc1ccc(N2CCCN(Cc3ccc(OC(F)(F)F)cc3)CC2)cc1. The van der Waals surface area contributed by atoms with Gasteiger partial charge in [-0.3, -0.25) is 4.90 Å². The quantitative estimate of drug-likeness (QED) is 0.804. The first-order valence-corrected chi connectivity index (χ1v) is 8.75. The minimum Gasteiger partial charge on any atom is -0.406 e. The fourth-order valence-corrected chi connectivity index (χ4v) is 3.19. The number of anilines is 1. The summed E-state index contributed by atoms with van der Waals surface area (Å²) in [5.74, 6) is -0.200. The zero-order chi connectivity index (χ0) is 19.3. The summed E-state index contributed by atoms with van der Waals surface area (Å²) in [7, 11) is 0. The van der Waals surface area contributed by atoms with Crippen molar-refractivity contribution in [3.8, 4) is 11.8 Å². The Labute approximate surface area is 156 Å². The number of rotatable bonds is 4. The topological polar surface area (TPSA) is 39.5 Å². The van der Waals surface area contributed by atoms with Crippen molar-refractivity contribution in [3.63, 3.8) is 0 Å². The summed E-state index contributed by atoms with van der Waals surface area (Å²) in [5, 5.41) is 8.90. The van der Waals surface area contributed by atoms with E-state index in [2.05, 4.69) is 20.6 Å². The van der Waals surface area contributed by atoms with Crippen LogP contribution in [0.3, 0.4) is 0 Å². The van der Waals surface area contributed by atoms with Crippen molar-refractivity contribution in [1.82, 2.24) is 4.90 Å². The number of alkyl halides is 3. The fourth-order valence-electron chi connectivity index (χ4n) is 3.19. The summed E-state index contributed by atoms with van der Waals surface area (Å²) < 4.78 is 40.6. The van der Waals surface area contributed by atoms with Crippen LogP contribution in [0.5, 0.6) is 5.75 Å². The van der Waals surface area contributed by atoms with Gasteiger partial charge in [-0.15, -0.1) is 13.2 Å². The minimum absolute atomic E-state index is 0.200. The lowest BCUT2D eigenvalue weighted by atomic mass is 10.2. The van der Waals surface area contributed by atoms with Crippen molar-refractivity contribution in [2.24, 2.45) is 0 Å². The highest BCUT2D eigenvalue weighted by Crippen LogP contribution is 2.23. The fraction of sp³-hybridized carbons (Fsp3) is 0.350. The van der Waals surface area contributed by atoms with Crippen molar-refractivity contribution >= 4 is 5.69 Å². The van der Waals surface area contributed by atoms with E-state index in [9.17, 15) is 13.2 Å². The van der Waals surface area contributed by atoms with E-state index in [1.54, 1.807) is 12.1 Å². The summed E-state index contributed by atoms with van der Waals surface area (Å²) in [5.41, 5.74) is 2.70. The minimum atomic E-state index is -4.67. The molecule has 0 aromatic heterocycles. The highest BCUT2D eigenvalue weighted by Gasteiger charge is 2.31. The first-order valence-electron chi connectivity index (χ1n) is 8.75. The number of hydrogen-bond acceptors (Lipinski definition) is 4. The van der Waals surface area contributed by atoms with Crippen LogP contribution in [-0.4, -0.2) is 37.4 Å². The Balaban J connectivity index is 1.55. The number of nitrogens with zero attached hydrogens (tertiary/aromatic N) is 3. The van der Waals surface area contributed by atoms with Crippen LogP contribution in [0.2, 0.25) is 0 Å². The van der Waals surface area contributed by atoms with Crippen LogP contribution >= 0.6 is 0 Å². The van der Waals surface area contributed by atoms with Gasteiger partial charge < -0.3 is 9.64 Å². The molecule has 142 valence electrons. The Bertz CT molecular complexity index is 782. The van der Waals surface area contributed by atoms with Gasteiger partial charge in [0.2, 0.25) is 0 Å². The molecule has 0 aliphatic carbocycles. The molecule has 27 heavy (non-hydrogen) atoms. The van der Waals surface area contributed by atoms with Crippen LogP contribution < -0.4 is 9.64 Å². The molecular weight excluding hydrogens is 355 g/mol. The first-order chi connectivity index (χ1) is 12.9. The van der Waals surface area contributed by atoms with Gasteiger partial charge in [0.25, 0.3) is 0 Å². The molecule has 2 aromatic rings. The molecule has 1 aliphatic rings. The van der Waals surface area contributed by atoms with Crippen LogP contribution in [0, 0.1) is 11.3 Å². The largest absolute Gasteiger partial charge is 0.573 e. The van der Waals surface area contributed by atoms with Crippen LogP contribution in [0.15, 0.2) is 48.5 Å². The van der Waals surface area contributed by atoms with Gasteiger partial charge in [0.1, 0.15) is 5.75 Å². The lowest BCUT2D eigenvalue weighted by molar-refractivity contribution is -0.274. The third kappa shape index (κ3) is 5.63. The van der Waals surface area contributed by atoms with Crippen LogP contribution in [0.25, 0.3) is 0 Å². The zero-order valence-corrected chi connectivity index (χ0v) is 14.7. The van der Waals surface area contributed by atoms with Crippen molar-refractivity contribution < 1.29 is 17.9 Å². The van der Waals surface area contributed by atoms with E-state index in [0.717, 1.165) is 43.9 Å². The normalized spacial score (nSPS) is 15.9. The lowest BCUT2D eigenvalue weighted by Crippen LogP contribution is -2.30. The second-order valence-corrected chi connectivity index (χ2v) is 6.47. The number of benzene rings is 2. The molecule has 1 aliphatic heterocycles. The standard InChI is InChI=1S/C20H20F3N3O/c21-20(22,23)27-19-8-4-17(5-9-19)15-25-10-1-11-26(13-12-25)18-6-2-16(14-24)3-7-18/h2-9H,1,10-13,15H2. The highest BCUT2D eigenvalue weighted by atomic mass is 19.4. The second-order valence-electron chi connectivity index (χ2n) is 6.47. The van der Waals surface area contributed by atoms with Gasteiger partial charge in [-0.05, 0) is 48.4 Å². The smallest absolute Gasteiger partial charge is 0.406 e. The van der Waals surface area contributed by atoms with E-state index in [4.69, 9.17) is 5.26 Å². The van der Waals surface area contributed by atoms with Gasteiger partial charge in [0.15, 0.2) is 0 Å². The molecule has 4 nitrogen and oxygen atoms in total. The molecule has 0 saturated carbocycles. The number of halogens is 3. The monoisotopic (exact) mass is 375 g/mol. The molecule has 0 N–H and O–H groups in total. The number of hydrogen-bond donors (Lipinski definition) is 0. The van der Waals surface area contributed by atoms with Gasteiger partial charge in [-0.2, -0.15) is 5.26 Å². The van der Waals surface area contributed by atoms with Gasteiger partial charge in [0, 0.05) is 38.4 Å². The summed E-state index contributed by atoms with van der Waals surface area (Å²) in [6.45, 7) is 4.27. The molecule has 1 saturated heterocycles. The maximum Gasteiger partial charge on any atom is 0.573 e. The molecular formula is C20H20F3N3O. The third-order valence-corrected chi connectivity index (χ3v) is 4.51. The van der Waals surface area contributed by atoms with Crippen molar-refractivity contribution in [1.29, 1.82) is 5.26 Å². The maximum absolute atomic E-state index is 12.2. The maximum atomic E-state index is 12.2. The molecule has 1 fully saturated rings. The summed E-state index contributed by atoms with van der Waals surface area (Å²) in [6.07, 6.45) is -3.67. The Kier molecular flexibility index (Phi) is 5.87. The Morgan fingerprint density at radius 1 is 0.926 bits per heavy atom. The highest BCUT2D eigenvalue weighted by molar-refractivity contribution is 5.49. The van der Waals surface area contributed by atoms with Gasteiger partial charge in [0.05, 0.1) is 11.6 Å². The molecule has 3 rings (SSSR count). The van der Waals surface area contributed by atoms with E-state index in [1.165, 1.54) is 12.1 Å². The molecule has 0 amide bonds. The van der Waals surface area contributed by atoms with Gasteiger partial charge >= 0.3 is 6.36 Å². The van der Waals surface area contributed by atoms with Crippen LogP contribution in [0.4, 0.5) is 18.9 Å². The van der Waals surface area contributed by atoms with Gasteiger partial charge in [-0.1, -0.05) is 12.1 Å². The lowest BCUT2D eigenvalue weighted by Gasteiger charge is -2.23. The Morgan fingerprint density at radius 3 is 2.26 bits per heavy atom. The molecule has 0 atom stereocenters. The number of nitriles is 1. The molecule has 7 heteroatoms. The van der Waals surface area contributed by atoms with E-state index >= 15 is 0 Å². The Morgan fingerprint density at radius 2 is 1.63 bits per heavy atom. The van der Waals surface area contributed by atoms with E-state index in [0.29, 0.717) is 12.1 Å². The van der Waals surface area contributed by atoms with Gasteiger partial charge in [-0.25, -0.2) is 0 Å². The van der Waals surface area contributed by atoms with Crippen molar-refractivity contribution in [2.45, 2.75) is 19.3 Å². The third-order valence-electron chi connectivity index (χ3n) is 4.51. The molecule has 0 unspecified atom stereocenters. The van der Waals surface area contributed by atoms with Crippen LogP contribution in [-0.2, 0) is 6.54 Å². The van der Waals surface area contributed by atoms with Crippen LogP contribution in [0.1, 0.15) is 17.5 Å². The first kappa shape index (κ1) is 19.1. The molecule has 0 radical (unpaired) electrons.